The van der Waals surface area contributed by atoms with E-state index in [0.29, 0.717) is 27.7 Å². The first-order chi connectivity index (χ1) is 17.3. The molecule has 0 atom stereocenters. The number of carbonyl (C=O) groups is 1. The standard InChI is InChI=1S/C27H34N4O4SSi/c1-17(2)37(18(3)4,19(5)6)15-14-21-22-16-29-27(36(8,34)35)30-24(22)31(20-12-10-9-11-13-20)26(33)23(21)25(32)28-7/h9-13,16-19H,1-8H3,(H,28,32). The van der Waals surface area contributed by atoms with E-state index in [1.807, 2.05) is 0 Å². The van der Waals surface area contributed by atoms with Crippen molar-refractivity contribution in [2.45, 2.75) is 63.3 Å². The van der Waals surface area contributed by atoms with Crippen molar-refractivity contribution in [1.29, 1.82) is 0 Å². The molecule has 1 amide bonds. The maximum absolute atomic E-state index is 13.9. The molecule has 2 heterocycles. The third kappa shape index (κ3) is 5.11. The molecule has 0 unspecified atom stereocenters. The average molecular weight is 539 g/mol. The summed E-state index contributed by atoms with van der Waals surface area (Å²) in [4.78, 5) is 35.4. The lowest BCUT2D eigenvalue weighted by molar-refractivity contribution is 0.0961. The van der Waals surface area contributed by atoms with E-state index in [1.165, 1.54) is 17.8 Å². The molecule has 37 heavy (non-hydrogen) atoms. The van der Waals surface area contributed by atoms with Crippen molar-refractivity contribution in [3.05, 3.63) is 58.0 Å². The number of rotatable bonds is 6. The van der Waals surface area contributed by atoms with Gasteiger partial charge >= 0.3 is 0 Å². The number of aromatic nitrogens is 3. The molecule has 1 aromatic carbocycles. The average Bonchev–Trinajstić information content (AvgIpc) is 2.82. The molecule has 0 bridgehead atoms. The Morgan fingerprint density at radius 1 is 1.03 bits per heavy atom. The highest BCUT2D eigenvalue weighted by Crippen LogP contribution is 2.41. The fraction of sp³-hybridized carbons (Fsp3) is 0.407. The van der Waals surface area contributed by atoms with Gasteiger partial charge in [-0.1, -0.05) is 65.7 Å². The van der Waals surface area contributed by atoms with E-state index < -0.39 is 34.5 Å². The summed E-state index contributed by atoms with van der Waals surface area (Å²) in [6.07, 6.45) is 2.35. The first-order valence-electron chi connectivity index (χ1n) is 12.2. The summed E-state index contributed by atoms with van der Waals surface area (Å²) >= 11 is 0. The highest BCUT2D eigenvalue weighted by molar-refractivity contribution is 7.90. The summed E-state index contributed by atoms with van der Waals surface area (Å²) in [6, 6.07) is 8.66. The molecule has 0 fully saturated rings. The van der Waals surface area contributed by atoms with Gasteiger partial charge in [0.05, 0.1) is 16.6 Å². The molecule has 2 aromatic heterocycles. The van der Waals surface area contributed by atoms with Crippen molar-refractivity contribution >= 4 is 34.9 Å². The summed E-state index contributed by atoms with van der Waals surface area (Å²) in [5.41, 5.74) is 4.53. The summed E-state index contributed by atoms with van der Waals surface area (Å²) in [6.45, 7) is 13.0. The Morgan fingerprint density at radius 3 is 2.08 bits per heavy atom. The Kier molecular flexibility index (Phi) is 8.10. The Bertz CT molecular complexity index is 1550. The minimum absolute atomic E-state index is 0.0782. The van der Waals surface area contributed by atoms with E-state index >= 15 is 0 Å². The number of hydrogen-bond acceptors (Lipinski definition) is 6. The van der Waals surface area contributed by atoms with Crippen molar-refractivity contribution in [2.24, 2.45) is 0 Å². The number of carbonyl (C=O) groups excluding carboxylic acids is 1. The summed E-state index contributed by atoms with van der Waals surface area (Å²) in [7, 11) is -4.55. The van der Waals surface area contributed by atoms with Gasteiger partial charge in [0.2, 0.25) is 15.0 Å². The maximum atomic E-state index is 13.9. The minimum Gasteiger partial charge on any atom is -0.355 e. The quantitative estimate of drug-likeness (QED) is 0.287. The maximum Gasteiger partial charge on any atom is 0.270 e. The van der Waals surface area contributed by atoms with Crippen molar-refractivity contribution < 1.29 is 13.2 Å². The Hall–Kier alpha value is -3.29. The lowest BCUT2D eigenvalue weighted by Crippen LogP contribution is -2.43. The molecule has 3 rings (SSSR count). The van der Waals surface area contributed by atoms with Gasteiger partial charge in [-0.25, -0.2) is 13.4 Å². The third-order valence-electron chi connectivity index (χ3n) is 6.96. The molecule has 0 aliphatic carbocycles. The molecule has 1 N–H and O–H groups in total. The molecule has 0 saturated carbocycles. The van der Waals surface area contributed by atoms with Gasteiger partial charge in [-0.15, -0.1) is 5.54 Å². The van der Waals surface area contributed by atoms with Gasteiger partial charge in [0.25, 0.3) is 11.5 Å². The zero-order valence-corrected chi connectivity index (χ0v) is 24.4. The number of sulfone groups is 1. The van der Waals surface area contributed by atoms with Gasteiger partial charge in [0.15, 0.2) is 5.65 Å². The molecule has 0 radical (unpaired) electrons. The lowest BCUT2D eigenvalue weighted by Gasteiger charge is -2.38. The summed E-state index contributed by atoms with van der Waals surface area (Å²) in [5.74, 6) is 2.66. The lowest BCUT2D eigenvalue weighted by atomic mass is 10.1. The first kappa shape index (κ1) is 28.3. The molecule has 0 saturated heterocycles. The molecular formula is C27H34N4O4SSi. The molecule has 0 spiro atoms. The number of hydrogen-bond donors (Lipinski definition) is 1. The van der Waals surface area contributed by atoms with Gasteiger partial charge < -0.3 is 5.32 Å². The second-order valence-electron chi connectivity index (χ2n) is 10.1. The first-order valence-corrected chi connectivity index (χ1v) is 16.4. The monoisotopic (exact) mass is 538 g/mol. The molecule has 0 aliphatic rings. The fourth-order valence-corrected chi connectivity index (χ4v) is 10.9. The van der Waals surface area contributed by atoms with Gasteiger partial charge in [-0.05, 0) is 28.8 Å². The molecule has 3 aromatic rings. The van der Waals surface area contributed by atoms with Crippen LogP contribution in [0.2, 0.25) is 16.6 Å². The molecule has 8 nitrogen and oxygen atoms in total. The van der Waals surface area contributed by atoms with Gasteiger partial charge in [-0.3, -0.25) is 14.2 Å². The van der Waals surface area contributed by atoms with Gasteiger partial charge in [0, 0.05) is 19.5 Å². The van der Waals surface area contributed by atoms with Crippen LogP contribution >= 0.6 is 0 Å². The number of para-hydroxylation sites is 1. The van der Waals surface area contributed by atoms with E-state index in [1.54, 1.807) is 30.3 Å². The predicted octanol–water partition coefficient (Wildman–Crippen LogP) is 4.11. The van der Waals surface area contributed by atoms with Crippen molar-refractivity contribution in [3.63, 3.8) is 0 Å². The molecular weight excluding hydrogens is 504 g/mol. The van der Waals surface area contributed by atoms with Crippen LogP contribution in [-0.2, 0) is 9.84 Å². The van der Waals surface area contributed by atoms with E-state index in [-0.39, 0.29) is 16.8 Å². The van der Waals surface area contributed by atoms with Crippen LogP contribution in [0.3, 0.4) is 0 Å². The number of benzene rings is 1. The SMILES string of the molecule is CNC(=O)c1c(C#C[Si](C(C)C)(C(C)C)C(C)C)c2cnc(S(C)(=O)=O)nc2n(-c2ccccc2)c1=O. The van der Waals surface area contributed by atoms with E-state index in [9.17, 15) is 18.0 Å². The molecule has 196 valence electrons. The van der Waals surface area contributed by atoms with Crippen LogP contribution in [0, 0.1) is 11.5 Å². The van der Waals surface area contributed by atoms with E-state index in [4.69, 9.17) is 0 Å². The number of fused-ring (bicyclic) bond motifs is 1. The van der Waals surface area contributed by atoms with Crippen LogP contribution in [-0.4, -0.2) is 50.2 Å². The number of nitrogens with zero attached hydrogens (tertiary/aromatic N) is 3. The van der Waals surface area contributed by atoms with Gasteiger partial charge in [-0.2, -0.15) is 4.98 Å². The highest BCUT2D eigenvalue weighted by Gasteiger charge is 2.42. The highest BCUT2D eigenvalue weighted by atomic mass is 32.2. The van der Waals surface area contributed by atoms with Crippen LogP contribution in [0.1, 0.15) is 57.5 Å². The number of nitrogens with one attached hydrogen (secondary N) is 1. The third-order valence-corrected chi connectivity index (χ3v) is 14.1. The largest absolute Gasteiger partial charge is 0.355 e. The topological polar surface area (TPSA) is 111 Å². The minimum atomic E-state index is -3.77. The molecule has 10 heteroatoms. The summed E-state index contributed by atoms with van der Waals surface area (Å²) < 4.78 is 25.8. The van der Waals surface area contributed by atoms with Crippen LogP contribution < -0.4 is 10.9 Å². The summed E-state index contributed by atoms with van der Waals surface area (Å²) in [5, 5.41) is 2.48. The fourth-order valence-electron chi connectivity index (χ4n) is 5.22. The van der Waals surface area contributed by atoms with Crippen LogP contribution in [0.15, 0.2) is 46.5 Å². The zero-order chi connectivity index (χ0) is 27.7. The van der Waals surface area contributed by atoms with Crippen LogP contribution in [0.25, 0.3) is 16.7 Å². The number of pyridine rings is 1. The molecule has 0 aliphatic heterocycles. The predicted molar refractivity (Wildman–Crippen MR) is 150 cm³/mol. The smallest absolute Gasteiger partial charge is 0.270 e. The van der Waals surface area contributed by atoms with Crippen molar-refractivity contribution in [3.8, 4) is 17.2 Å². The Balaban J connectivity index is 2.60. The van der Waals surface area contributed by atoms with Crippen LogP contribution in [0.4, 0.5) is 0 Å². The van der Waals surface area contributed by atoms with E-state index in [0.717, 1.165) is 6.26 Å². The van der Waals surface area contributed by atoms with Crippen molar-refractivity contribution in [1.82, 2.24) is 19.9 Å². The van der Waals surface area contributed by atoms with E-state index in [2.05, 4.69) is 68.3 Å². The Labute approximate surface area is 219 Å². The zero-order valence-electron chi connectivity index (χ0n) is 22.6. The van der Waals surface area contributed by atoms with Crippen molar-refractivity contribution in [2.75, 3.05) is 13.3 Å². The van der Waals surface area contributed by atoms with Crippen LogP contribution in [0.5, 0.6) is 0 Å². The normalized spacial score (nSPS) is 12.2. The number of amides is 1. The second kappa shape index (κ2) is 10.6. The Morgan fingerprint density at radius 2 is 1.59 bits per heavy atom. The van der Waals surface area contributed by atoms with Gasteiger partial charge in [0.1, 0.15) is 13.6 Å². The second-order valence-corrected chi connectivity index (χ2v) is 17.6.